The van der Waals surface area contributed by atoms with Gasteiger partial charge in [0.25, 0.3) is 0 Å². The van der Waals surface area contributed by atoms with E-state index < -0.39 is 13.5 Å². The van der Waals surface area contributed by atoms with Crippen molar-refractivity contribution < 1.29 is 4.74 Å². The molecule has 0 bridgehead atoms. The zero-order valence-electron chi connectivity index (χ0n) is 31.6. The molecule has 13 rings (SSSR count). The van der Waals surface area contributed by atoms with Gasteiger partial charge in [-0.1, -0.05) is 176 Å². The number of anilines is 3. The van der Waals surface area contributed by atoms with Crippen molar-refractivity contribution in [2.75, 3.05) is 4.90 Å². The minimum absolute atomic E-state index is 0.574. The van der Waals surface area contributed by atoms with Crippen LogP contribution in [0.3, 0.4) is 0 Å². The Labute approximate surface area is 338 Å². The van der Waals surface area contributed by atoms with Crippen molar-refractivity contribution in [2.24, 2.45) is 0 Å². The Bertz CT molecular complexity index is 3080. The summed E-state index contributed by atoms with van der Waals surface area (Å²) in [6.45, 7) is 0. The van der Waals surface area contributed by atoms with E-state index in [1.54, 1.807) is 0 Å². The summed E-state index contributed by atoms with van der Waals surface area (Å²) in [5.74, 6) is 1.80. The molecule has 4 heterocycles. The summed E-state index contributed by atoms with van der Waals surface area (Å²) in [5.41, 5.74) is 15.7. The molecule has 2 nitrogen and oxygen atoms in total. The van der Waals surface area contributed by atoms with E-state index in [2.05, 4.69) is 217 Å². The zero-order chi connectivity index (χ0) is 38.0. The molecular formula is C55H35NOSi. The topological polar surface area (TPSA) is 12.5 Å². The van der Waals surface area contributed by atoms with Crippen LogP contribution in [-0.2, 0) is 5.41 Å². The van der Waals surface area contributed by atoms with E-state index in [9.17, 15) is 0 Å². The first-order valence-electron chi connectivity index (χ1n) is 20.2. The van der Waals surface area contributed by atoms with Crippen LogP contribution < -0.4 is 30.4 Å². The van der Waals surface area contributed by atoms with Gasteiger partial charge in [0.2, 0.25) is 0 Å². The van der Waals surface area contributed by atoms with Gasteiger partial charge in [-0.25, -0.2) is 0 Å². The summed E-state index contributed by atoms with van der Waals surface area (Å²) in [7, 11) is -2.77. The molecule has 9 aromatic carbocycles. The standard InChI is InChI=1S/C55H35NOSi/c1-2-16-36(17-3-1)37-30-32-41-39-18-4-14-28-51(39)58(53(41)34-37)52-29-15-5-19-40(52)42-33-31-38(35-54(42)58)56-47-24-10-6-20-43(47)55(44-21-7-11-25-48(44)56)45-22-8-12-26-49(45)57-50-27-13-9-23-46(50)55/h1-35H. The largest absolute Gasteiger partial charge is 0.457 e. The van der Waals surface area contributed by atoms with Crippen LogP contribution in [0.5, 0.6) is 11.5 Å². The first-order valence-corrected chi connectivity index (χ1v) is 22.2. The molecule has 0 N–H and O–H groups in total. The summed E-state index contributed by atoms with van der Waals surface area (Å²) in [5, 5.41) is 5.89. The van der Waals surface area contributed by atoms with Crippen LogP contribution >= 0.6 is 0 Å². The molecule has 0 saturated heterocycles. The van der Waals surface area contributed by atoms with Crippen molar-refractivity contribution in [3.8, 4) is 44.9 Å². The molecule has 58 heavy (non-hydrogen) atoms. The Balaban J connectivity index is 1.10. The quantitative estimate of drug-likeness (QED) is 0.163. The number of nitrogens with zero attached hydrogens (tertiary/aromatic N) is 1. The Hall–Kier alpha value is -7.20. The summed E-state index contributed by atoms with van der Waals surface area (Å²) < 4.78 is 6.67. The van der Waals surface area contributed by atoms with E-state index in [0.717, 1.165) is 22.6 Å². The SMILES string of the molecule is c1ccc(-c2ccc3c(c2)[Si]2(c4ccccc4-3)c3ccccc3-c3ccc(N4c5ccccc5C5(c6ccccc6Oc6ccccc65)c5ccccc54)cc32)cc1. The third-order valence-electron chi connectivity index (χ3n) is 13.3. The molecular weight excluding hydrogens is 719 g/mol. The van der Waals surface area contributed by atoms with Gasteiger partial charge < -0.3 is 9.64 Å². The van der Waals surface area contributed by atoms with Crippen molar-refractivity contribution in [2.45, 2.75) is 5.41 Å². The van der Waals surface area contributed by atoms with Crippen LogP contribution in [0.4, 0.5) is 17.1 Å². The lowest BCUT2D eigenvalue weighted by atomic mass is 9.61. The predicted molar refractivity (Wildman–Crippen MR) is 240 cm³/mol. The smallest absolute Gasteiger partial charge is 0.182 e. The normalized spacial score (nSPS) is 16.6. The highest BCUT2D eigenvalue weighted by atomic mass is 28.3. The fourth-order valence-electron chi connectivity index (χ4n) is 11.2. The lowest BCUT2D eigenvalue weighted by molar-refractivity contribution is 0.434. The Morgan fingerprint density at radius 3 is 1.43 bits per heavy atom. The van der Waals surface area contributed by atoms with E-state index in [4.69, 9.17) is 4.74 Å². The van der Waals surface area contributed by atoms with Gasteiger partial charge in [-0.2, -0.15) is 0 Å². The molecule has 4 aliphatic heterocycles. The van der Waals surface area contributed by atoms with Gasteiger partial charge >= 0.3 is 0 Å². The maximum Gasteiger partial charge on any atom is 0.182 e. The molecule has 0 saturated carbocycles. The van der Waals surface area contributed by atoms with Crippen LogP contribution in [0.15, 0.2) is 212 Å². The molecule has 2 spiro atoms. The monoisotopic (exact) mass is 753 g/mol. The number of fused-ring (bicyclic) bond motifs is 18. The molecule has 0 amide bonds. The molecule has 3 heteroatoms. The summed E-state index contributed by atoms with van der Waals surface area (Å²) >= 11 is 0. The van der Waals surface area contributed by atoms with Gasteiger partial charge in [0.05, 0.1) is 16.8 Å². The summed E-state index contributed by atoms with van der Waals surface area (Å²) in [6.07, 6.45) is 0. The van der Waals surface area contributed by atoms with E-state index in [-0.39, 0.29) is 0 Å². The van der Waals surface area contributed by atoms with Crippen LogP contribution in [0.2, 0.25) is 0 Å². The molecule has 0 aromatic heterocycles. The fraction of sp³-hybridized carbons (Fsp3) is 0.0182. The number of hydrogen-bond acceptors (Lipinski definition) is 2. The number of rotatable bonds is 2. The number of para-hydroxylation sites is 4. The highest BCUT2D eigenvalue weighted by Crippen LogP contribution is 2.62. The lowest BCUT2D eigenvalue weighted by Crippen LogP contribution is -2.70. The third kappa shape index (κ3) is 3.91. The average molecular weight is 754 g/mol. The van der Waals surface area contributed by atoms with Gasteiger partial charge in [0.15, 0.2) is 8.07 Å². The van der Waals surface area contributed by atoms with Crippen LogP contribution in [0, 0.1) is 0 Å². The maximum absolute atomic E-state index is 6.67. The Morgan fingerprint density at radius 2 is 0.810 bits per heavy atom. The Kier molecular flexibility index (Phi) is 6.43. The average Bonchev–Trinajstić information content (AvgIpc) is 3.76. The second kappa shape index (κ2) is 11.7. The van der Waals surface area contributed by atoms with E-state index >= 15 is 0 Å². The second-order valence-electron chi connectivity index (χ2n) is 15.9. The third-order valence-corrected chi connectivity index (χ3v) is 18.3. The molecule has 9 aromatic rings. The minimum atomic E-state index is -2.77. The maximum atomic E-state index is 6.67. The number of benzene rings is 9. The molecule has 0 fully saturated rings. The second-order valence-corrected chi connectivity index (χ2v) is 19.6. The van der Waals surface area contributed by atoms with Gasteiger partial charge in [-0.3, -0.25) is 0 Å². The first kappa shape index (κ1) is 31.9. The molecule has 1 atom stereocenters. The highest BCUT2D eigenvalue weighted by Gasteiger charge is 2.55. The number of hydrogen-bond donors (Lipinski definition) is 0. The van der Waals surface area contributed by atoms with Crippen molar-refractivity contribution >= 4 is 45.9 Å². The fourth-order valence-corrected chi connectivity index (χ4v) is 16.8. The van der Waals surface area contributed by atoms with Crippen LogP contribution in [0.1, 0.15) is 22.3 Å². The highest BCUT2D eigenvalue weighted by molar-refractivity contribution is 7.24. The van der Waals surface area contributed by atoms with Gasteiger partial charge in [0, 0.05) is 16.8 Å². The lowest BCUT2D eigenvalue weighted by Gasteiger charge is -2.48. The van der Waals surface area contributed by atoms with Gasteiger partial charge in [-0.05, 0) is 102 Å². The molecule has 0 aliphatic carbocycles. The Morgan fingerprint density at radius 1 is 0.345 bits per heavy atom. The zero-order valence-corrected chi connectivity index (χ0v) is 32.6. The molecule has 270 valence electrons. The molecule has 4 aliphatic rings. The van der Waals surface area contributed by atoms with E-state index in [0.29, 0.717) is 0 Å². The van der Waals surface area contributed by atoms with E-state index in [1.165, 1.54) is 82.3 Å². The van der Waals surface area contributed by atoms with Crippen LogP contribution in [-0.4, -0.2) is 8.07 Å². The van der Waals surface area contributed by atoms with Gasteiger partial charge in [-0.15, -0.1) is 0 Å². The molecule has 0 radical (unpaired) electrons. The van der Waals surface area contributed by atoms with E-state index in [1.807, 2.05) is 0 Å². The predicted octanol–water partition coefficient (Wildman–Crippen LogP) is 11.0. The van der Waals surface area contributed by atoms with Crippen molar-refractivity contribution in [1.82, 2.24) is 0 Å². The van der Waals surface area contributed by atoms with Gasteiger partial charge in [0.1, 0.15) is 11.5 Å². The molecule has 1 unspecified atom stereocenters. The summed E-state index contributed by atoms with van der Waals surface area (Å²) in [4.78, 5) is 2.53. The van der Waals surface area contributed by atoms with Crippen molar-refractivity contribution in [1.29, 1.82) is 0 Å². The summed E-state index contributed by atoms with van der Waals surface area (Å²) in [6, 6.07) is 79.3. The minimum Gasteiger partial charge on any atom is -0.457 e. The van der Waals surface area contributed by atoms with Crippen LogP contribution in [0.25, 0.3) is 33.4 Å². The van der Waals surface area contributed by atoms with Crippen molar-refractivity contribution in [3.05, 3.63) is 235 Å². The van der Waals surface area contributed by atoms with Crippen molar-refractivity contribution in [3.63, 3.8) is 0 Å². The first-order chi connectivity index (χ1) is 28.8. The number of ether oxygens (including phenoxy) is 1.